The maximum absolute atomic E-state index is 11.3. The average Bonchev–Trinajstić information content (AvgIpc) is 2.94. The highest BCUT2D eigenvalue weighted by Gasteiger charge is 2.37. The second-order valence-corrected chi connectivity index (χ2v) is 8.04. The maximum Gasteiger partial charge on any atom is 0.323 e. The van der Waals surface area contributed by atoms with Gasteiger partial charge in [-0.2, -0.15) is 11.8 Å². The number of carbonyl (C=O) groups is 1. The predicted octanol–water partition coefficient (Wildman–Crippen LogP) is 2.89. The Balaban J connectivity index is 2.31. The molecule has 1 atom stereocenters. The summed E-state index contributed by atoms with van der Waals surface area (Å²) in [5.41, 5.74) is -0.736. The van der Waals surface area contributed by atoms with Crippen LogP contribution >= 0.6 is 11.8 Å². The molecule has 1 saturated carbocycles. The fraction of sp³-hybridized carbons (Fsp3) is 0.923. The summed E-state index contributed by atoms with van der Waals surface area (Å²) in [7, 11) is 0. The van der Waals surface area contributed by atoms with Gasteiger partial charge >= 0.3 is 5.97 Å². The number of thioether (sulfide) groups is 1. The first-order valence-electron chi connectivity index (χ1n) is 6.38. The van der Waals surface area contributed by atoms with Gasteiger partial charge in [-0.3, -0.25) is 10.1 Å². The molecule has 0 spiro atoms. The zero-order valence-electron chi connectivity index (χ0n) is 11.4. The van der Waals surface area contributed by atoms with Crippen molar-refractivity contribution in [2.75, 3.05) is 5.75 Å². The Hall–Kier alpha value is -0.220. The van der Waals surface area contributed by atoms with Crippen LogP contribution in [0.2, 0.25) is 0 Å². The van der Waals surface area contributed by atoms with Crippen molar-refractivity contribution in [3.8, 4) is 0 Å². The van der Waals surface area contributed by atoms with E-state index in [9.17, 15) is 9.90 Å². The van der Waals surface area contributed by atoms with Crippen molar-refractivity contribution >= 4 is 17.7 Å². The first-order chi connectivity index (χ1) is 7.73. The average molecular weight is 259 g/mol. The van der Waals surface area contributed by atoms with Crippen LogP contribution in [0.15, 0.2) is 0 Å². The normalized spacial score (nSPS) is 20.0. The number of carboxylic acid groups (broad SMARTS) is 1. The summed E-state index contributed by atoms with van der Waals surface area (Å²) in [5, 5.41) is 12.6. The second kappa shape index (κ2) is 5.61. The molecule has 3 nitrogen and oxygen atoms in total. The lowest BCUT2D eigenvalue weighted by molar-refractivity contribution is -0.144. The SMILES string of the molecule is CC(C)(C)SCCCC(C)(NC1CC1)C(=O)O. The van der Waals surface area contributed by atoms with Gasteiger partial charge in [0, 0.05) is 10.8 Å². The van der Waals surface area contributed by atoms with E-state index in [1.165, 1.54) is 0 Å². The minimum atomic E-state index is -0.736. The van der Waals surface area contributed by atoms with Crippen molar-refractivity contribution in [3.63, 3.8) is 0 Å². The van der Waals surface area contributed by atoms with Crippen LogP contribution in [0.4, 0.5) is 0 Å². The van der Waals surface area contributed by atoms with Gasteiger partial charge in [0.25, 0.3) is 0 Å². The van der Waals surface area contributed by atoms with E-state index in [1.54, 1.807) is 0 Å². The molecule has 2 N–H and O–H groups in total. The number of hydrogen-bond acceptors (Lipinski definition) is 3. The molecule has 1 rings (SSSR count). The van der Waals surface area contributed by atoms with E-state index in [2.05, 4.69) is 26.1 Å². The second-order valence-electron chi connectivity index (χ2n) is 6.12. The molecule has 1 aliphatic carbocycles. The smallest absolute Gasteiger partial charge is 0.323 e. The van der Waals surface area contributed by atoms with Crippen LogP contribution in [-0.4, -0.2) is 33.2 Å². The zero-order chi connectivity index (χ0) is 13.1. The highest BCUT2D eigenvalue weighted by molar-refractivity contribution is 8.00. The quantitative estimate of drug-likeness (QED) is 0.690. The van der Waals surface area contributed by atoms with Gasteiger partial charge in [0.2, 0.25) is 0 Å². The van der Waals surface area contributed by atoms with E-state index in [0.29, 0.717) is 12.5 Å². The summed E-state index contributed by atoms with van der Waals surface area (Å²) >= 11 is 1.90. The summed E-state index contributed by atoms with van der Waals surface area (Å²) in [5.74, 6) is 0.309. The Kier molecular flexibility index (Phi) is 4.90. The largest absolute Gasteiger partial charge is 0.480 e. The summed E-state index contributed by atoms with van der Waals surface area (Å²) in [4.78, 5) is 11.3. The van der Waals surface area contributed by atoms with Gasteiger partial charge in [0.05, 0.1) is 0 Å². The van der Waals surface area contributed by atoms with E-state index >= 15 is 0 Å². The minimum Gasteiger partial charge on any atom is -0.480 e. The fourth-order valence-electron chi connectivity index (χ4n) is 1.72. The molecule has 1 unspecified atom stereocenters. The molecule has 100 valence electrons. The molecule has 0 amide bonds. The number of hydrogen-bond donors (Lipinski definition) is 2. The van der Waals surface area contributed by atoms with Gasteiger partial charge in [-0.05, 0) is 38.4 Å². The molecular formula is C13H25NO2S. The third-order valence-electron chi connectivity index (χ3n) is 2.93. The maximum atomic E-state index is 11.3. The molecule has 0 radical (unpaired) electrons. The van der Waals surface area contributed by atoms with E-state index < -0.39 is 11.5 Å². The highest BCUT2D eigenvalue weighted by atomic mass is 32.2. The lowest BCUT2D eigenvalue weighted by Gasteiger charge is -2.27. The predicted molar refractivity (Wildman–Crippen MR) is 73.6 cm³/mol. The Morgan fingerprint density at radius 3 is 2.35 bits per heavy atom. The standard InChI is InChI=1S/C13H25NO2S/c1-12(2,3)17-9-5-8-13(4,11(15)16)14-10-6-7-10/h10,14H,5-9H2,1-4H3,(H,15,16). The molecule has 4 heteroatoms. The Labute approximate surface area is 109 Å². The van der Waals surface area contributed by atoms with Gasteiger partial charge in [0.1, 0.15) is 5.54 Å². The molecule has 0 aromatic rings. The van der Waals surface area contributed by atoms with E-state index in [0.717, 1.165) is 25.0 Å². The summed E-state index contributed by atoms with van der Waals surface area (Å²) < 4.78 is 0.267. The molecule has 1 aliphatic rings. The van der Waals surface area contributed by atoms with Gasteiger partial charge in [-0.1, -0.05) is 20.8 Å². The lowest BCUT2D eigenvalue weighted by atomic mass is 9.96. The van der Waals surface area contributed by atoms with Gasteiger partial charge < -0.3 is 5.11 Å². The Morgan fingerprint density at radius 1 is 1.35 bits per heavy atom. The van der Waals surface area contributed by atoms with Crippen LogP contribution in [-0.2, 0) is 4.79 Å². The van der Waals surface area contributed by atoms with Crippen molar-refractivity contribution in [3.05, 3.63) is 0 Å². The molecule has 0 heterocycles. The number of aliphatic carboxylic acids is 1. The van der Waals surface area contributed by atoms with Gasteiger partial charge in [0.15, 0.2) is 0 Å². The van der Waals surface area contributed by atoms with Gasteiger partial charge in [-0.15, -0.1) is 0 Å². The first-order valence-corrected chi connectivity index (χ1v) is 7.36. The lowest BCUT2D eigenvalue weighted by Crippen LogP contribution is -2.50. The van der Waals surface area contributed by atoms with Crippen LogP contribution in [0.3, 0.4) is 0 Å². The molecule has 0 aromatic carbocycles. The van der Waals surface area contributed by atoms with Crippen molar-refractivity contribution < 1.29 is 9.90 Å². The van der Waals surface area contributed by atoms with Gasteiger partial charge in [-0.25, -0.2) is 0 Å². The van der Waals surface area contributed by atoms with Crippen molar-refractivity contribution in [2.24, 2.45) is 0 Å². The highest BCUT2D eigenvalue weighted by Crippen LogP contribution is 2.28. The Bertz CT molecular complexity index is 271. The molecule has 0 aliphatic heterocycles. The minimum absolute atomic E-state index is 0.267. The van der Waals surface area contributed by atoms with Crippen LogP contribution in [0.25, 0.3) is 0 Å². The third-order valence-corrected chi connectivity index (χ3v) is 4.29. The zero-order valence-corrected chi connectivity index (χ0v) is 12.2. The Morgan fingerprint density at radius 2 is 1.94 bits per heavy atom. The monoisotopic (exact) mass is 259 g/mol. The molecule has 0 aromatic heterocycles. The van der Waals surface area contributed by atoms with E-state index in [-0.39, 0.29) is 4.75 Å². The topological polar surface area (TPSA) is 49.3 Å². The number of carboxylic acids is 1. The number of nitrogens with one attached hydrogen (secondary N) is 1. The summed E-state index contributed by atoms with van der Waals surface area (Å²) in [6.45, 7) is 8.39. The number of rotatable bonds is 7. The van der Waals surface area contributed by atoms with Crippen molar-refractivity contribution in [2.45, 2.75) is 69.7 Å². The van der Waals surface area contributed by atoms with Crippen LogP contribution in [0.1, 0.15) is 53.4 Å². The molecule has 17 heavy (non-hydrogen) atoms. The molecule has 0 bridgehead atoms. The molecular weight excluding hydrogens is 234 g/mol. The third kappa shape index (κ3) is 5.77. The van der Waals surface area contributed by atoms with Crippen molar-refractivity contribution in [1.29, 1.82) is 0 Å². The van der Waals surface area contributed by atoms with Crippen LogP contribution < -0.4 is 5.32 Å². The van der Waals surface area contributed by atoms with Crippen LogP contribution in [0.5, 0.6) is 0 Å². The summed E-state index contributed by atoms with van der Waals surface area (Å²) in [6, 6.07) is 0.436. The van der Waals surface area contributed by atoms with E-state index in [1.807, 2.05) is 18.7 Å². The fourth-order valence-corrected chi connectivity index (χ4v) is 2.62. The van der Waals surface area contributed by atoms with Crippen LogP contribution in [0, 0.1) is 0 Å². The summed E-state index contributed by atoms with van der Waals surface area (Å²) in [6.07, 6.45) is 3.91. The van der Waals surface area contributed by atoms with Crippen molar-refractivity contribution in [1.82, 2.24) is 5.32 Å². The molecule has 0 saturated heterocycles. The first kappa shape index (κ1) is 14.8. The van der Waals surface area contributed by atoms with E-state index in [4.69, 9.17) is 0 Å². The molecule has 1 fully saturated rings.